The Labute approximate surface area is 438 Å². The lowest BCUT2D eigenvalue weighted by atomic mass is 9.77. The number of aliphatic hydroxyl groups is 5. The first-order valence-corrected chi connectivity index (χ1v) is 26.4. The van der Waals surface area contributed by atoms with E-state index in [1.807, 2.05) is 23.0 Å². The van der Waals surface area contributed by atoms with Gasteiger partial charge >= 0.3 is 17.9 Å². The Kier molecular flexibility index (Phi) is 18.5. The van der Waals surface area contributed by atoms with Gasteiger partial charge in [-0.05, 0) is 81.5 Å². The van der Waals surface area contributed by atoms with Crippen molar-refractivity contribution in [3.8, 4) is 0 Å². The van der Waals surface area contributed by atoms with Crippen LogP contribution in [-0.2, 0) is 57.6 Å². The summed E-state index contributed by atoms with van der Waals surface area (Å²) in [6.45, 7) is 3.95. The maximum absolute atomic E-state index is 15.3. The number of hydrogen-bond donors (Lipinski definition) is 7. The molecule has 0 bridgehead atoms. The first-order valence-electron chi connectivity index (χ1n) is 26.4. The Hall–Kier alpha value is -5.92. The fraction of sp³-hybridized carbons (Fsp3) is 0.623. The minimum atomic E-state index is -2.55. The van der Waals surface area contributed by atoms with Crippen LogP contribution in [0.1, 0.15) is 101 Å². The molecule has 1 aliphatic heterocycles. The molecule has 414 valence electrons. The van der Waals surface area contributed by atoms with E-state index in [4.69, 9.17) is 23.7 Å². The third-order valence-electron chi connectivity index (χ3n) is 15.6. The van der Waals surface area contributed by atoms with Gasteiger partial charge in [0.1, 0.15) is 36.6 Å². The Morgan fingerprint density at radius 2 is 1.71 bits per heavy atom. The molecule has 0 spiro atoms. The molecule has 0 radical (unpaired) electrons. The van der Waals surface area contributed by atoms with Gasteiger partial charge in [-0.1, -0.05) is 62.4 Å². The van der Waals surface area contributed by atoms with Gasteiger partial charge in [-0.25, -0.2) is 14.4 Å². The largest absolute Gasteiger partial charge is 0.479 e. The second kappa shape index (κ2) is 25.0. The highest BCUT2D eigenvalue weighted by Crippen LogP contribution is 2.45. The van der Waals surface area contributed by atoms with Gasteiger partial charge in [-0.2, -0.15) is 0 Å². The molecule has 4 fully saturated rings. The Balaban J connectivity index is 0.973. The Bertz CT molecular complexity index is 2630. The summed E-state index contributed by atoms with van der Waals surface area (Å²) in [5.74, 6) is -6.64. The maximum atomic E-state index is 15.3. The fourth-order valence-electron chi connectivity index (χ4n) is 11.4. The van der Waals surface area contributed by atoms with E-state index in [0.717, 1.165) is 43.0 Å². The number of aryl methyl sites for hydroxylation is 3. The number of carbonyl (C=O) groups excluding carboxylic acids is 3. The van der Waals surface area contributed by atoms with Gasteiger partial charge in [0, 0.05) is 79.9 Å². The van der Waals surface area contributed by atoms with Crippen molar-refractivity contribution in [1.82, 2.24) is 24.9 Å². The van der Waals surface area contributed by atoms with Crippen molar-refractivity contribution in [2.24, 2.45) is 23.7 Å². The van der Waals surface area contributed by atoms with Crippen molar-refractivity contribution in [3.05, 3.63) is 88.4 Å². The molecule has 2 aromatic heterocycles. The van der Waals surface area contributed by atoms with Crippen LogP contribution in [0.2, 0.25) is 0 Å². The van der Waals surface area contributed by atoms with Crippen molar-refractivity contribution < 1.29 is 78.4 Å². The van der Waals surface area contributed by atoms with Crippen molar-refractivity contribution in [3.63, 3.8) is 0 Å². The molecule has 23 nitrogen and oxygen atoms in total. The highest BCUT2D eigenvalue weighted by Gasteiger charge is 2.64. The average molecular weight is 1060 g/mol. The van der Waals surface area contributed by atoms with Crippen LogP contribution in [0.5, 0.6) is 0 Å². The second-order valence-electron chi connectivity index (χ2n) is 21.0. The highest BCUT2D eigenvalue weighted by atomic mass is 16.7. The van der Waals surface area contributed by atoms with Gasteiger partial charge in [0.2, 0.25) is 11.5 Å². The summed E-state index contributed by atoms with van der Waals surface area (Å²) in [5, 5.41) is 88.5. The molecule has 3 aliphatic carbocycles. The fourth-order valence-corrected chi connectivity index (χ4v) is 11.4. The maximum Gasteiger partial charge on any atom is 0.353 e. The number of nitro groups is 1. The van der Waals surface area contributed by atoms with Crippen LogP contribution < -0.4 is 5.32 Å². The number of aromatic nitrogens is 4. The zero-order valence-electron chi connectivity index (χ0n) is 42.7. The average Bonchev–Trinajstić information content (AvgIpc) is 4.16. The minimum absolute atomic E-state index is 0.0105. The first kappa shape index (κ1) is 56.3. The number of rotatable bonds is 22. The molecule has 3 heterocycles. The number of amides is 1. The third-order valence-corrected chi connectivity index (χ3v) is 15.6. The summed E-state index contributed by atoms with van der Waals surface area (Å²) in [6, 6.07) is 14.3. The van der Waals surface area contributed by atoms with E-state index in [1.54, 1.807) is 41.9 Å². The number of nitro benzene ring substituents is 1. The summed E-state index contributed by atoms with van der Waals surface area (Å²) in [7, 11) is 0. The number of esters is 2. The Morgan fingerprint density at radius 3 is 2.43 bits per heavy atom. The molecule has 14 atom stereocenters. The number of aliphatic hydroxyl groups excluding tert-OH is 5. The van der Waals surface area contributed by atoms with Gasteiger partial charge in [0.25, 0.3) is 5.69 Å². The van der Waals surface area contributed by atoms with E-state index in [1.165, 1.54) is 25.1 Å². The molecule has 4 aliphatic rings. The summed E-state index contributed by atoms with van der Waals surface area (Å²) in [5.41, 5.74) is -0.916. The van der Waals surface area contributed by atoms with Crippen LogP contribution in [0, 0.1) is 33.8 Å². The number of carbonyl (C=O) groups is 4. The van der Waals surface area contributed by atoms with E-state index in [9.17, 15) is 55.1 Å². The van der Waals surface area contributed by atoms with Crippen LogP contribution in [0.4, 0.5) is 5.69 Å². The lowest BCUT2D eigenvalue weighted by Crippen LogP contribution is -2.61. The van der Waals surface area contributed by atoms with Crippen LogP contribution in [0.25, 0.3) is 10.9 Å². The molecular formula is C53H70N6O17. The molecule has 9 unspecified atom stereocenters. The molecule has 3 saturated carbocycles. The molecule has 76 heavy (non-hydrogen) atoms. The molecule has 8 rings (SSSR count). The van der Waals surface area contributed by atoms with Crippen molar-refractivity contribution in [2.45, 2.75) is 171 Å². The van der Waals surface area contributed by atoms with Gasteiger partial charge in [-0.15, -0.1) is 5.10 Å². The van der Waals surface area contributed by atoms with Crippen molar-refractivity contribution >= 4 is 40.4 Å². The summed E-state index contributed by atoms with van der Waals surface area (Å²) in [4.78, 5) is 67.0. The Morgan fingerprint density at radius 1 is 0.947 bits per heavy atom. The zero-order chi connectivity index (χ0) is 54.3. The van der Waals surface area contributed by atoms with Gasteiger partial charge in [0.05, 0.1) is 28.4 Å². The highest BCUT2D eigenvalue weighted by molar-refractivity contribution is 5.93. The topological polar surface area (TPSA) is 327 Å². The standard InChI is InChI=1S/C53H70N6O17/c1-30-23-35(48(65)54-19-9-15-37-28-58(56-55-37)21-10-20-57-22-18-34-25-38(59(70)71)16-17-39(34)57)26-40(46(30)75-51-45(64)44(63)42(61)31(2)72-51)74-52(69)53(76-50(68)33-13-7-4-8-14-33)27-36(29-60)43(62)47(53)73-41(49(66)67)24-32-11-5-3-6-12-32/h4,7-8,13-14,16-18,22,25,28,30-32,35-36,40-47,51,60-64H,3,5-6,9-12,15,19-21,23-24,26-27,29H2,1-2H3,(H,54,65)(H,66,67)/t30?,31?,35?,36?,40-,41+,42-,43+,44?,45?,46?,47?,51+,53?/m1/s1. The zero-order valence-corrected chi connectivity index (χ0v) is 42.7. The second-order valence-corrected chi connectivity index (χ2v) is 21.0. The summed E-state index contributed by atoms with van der Waals surface area (Å²) in [6.07, 6.45) is -5.85. The van der Waals surface area contributed by atoms with E-state index >= 15 is 4.79 Å². The first-order chi connectivity index (χ1) is 36.5. The van der Waals surface area contributed by atoms with E-state index < -0.39 is 120 Å². The number of non-ortho nitro benzene ring substituents is 1. The summed E-state index contributed by atoms with van der Waals surface area (Å²) >= 11 is 0. The lowest BCUT2D eigenvalue weighted by Gasteiger charge is -2.45. The normalized spacial score (nSPS) is 30.4. The van der Waals surface area contributed by atoms with E-state index in [0.29, 0.717) is 38.0 Å². The number of benzene rings is 2. The van der Waals surface area contributed by atoms with Crippen LogP contribution in [0.3, 0.4) is 0 Å². The number of nitrogens with zero attached hydrogens (tertiary/aromatic N) is 5. The van der Waals surface area contributed by atoms with Crippen LogP contribution >= 0.6 is 0 Å². The van der Waals surface area contributed by atoms with Crippen LogP contribution in [-0.4, -0.2) is 159 Å². The van der Waals surface area contributed by atoms with Gasteiger partial charge in [-0.3, -0.25) is 19.6 Å². The number of carboxylic acids is 1. The molecule has 1 saturated heterocycles. The quantitative estimate of drug-likeness (QED) is 0.0257. The monoisotopic (exact) mass is 1060 g/mol. The van der Waals surface area contributed by atoms with Gasteiger partial charge in [0.15, 0.2) is 12.4 Å². The molecule has 4 aromatic rings. The van der Waals surface area contributed by atoms with E-state index in [2.05, 4.69) is 15.6 Å². The number of fused-ring (bicyclic) bond motifs is 1. The van der Waals surface area contributed by atoms with Gasteiger partial charge < -0.3 is 64.2 Å². The SMILES string of the molecule is CC1CC(C(=O)NCCCc2cn(CCCn3ccc4cc([N+](=O)[O-])ccc43)nn2)C[C@@H](OC(=O)C2(OC(=O)c3ccccc3)CC(CO)[C@H](O)C2O[C@@H](CC2CCCCC2)C(=O)O)C1O[C@@H]1OC(C)[C@@H](O)C(O)C1O. The molecule has 7 N–H and O–H groups in total. The number of nitrogens with one attached hydrogen (secondary N) is 1. The number of aliphatic carboxylic acids is 1. The minimum Gasteiger partial charge on any atom is -0.479 e. The van der Waals surface area contributed by atoms with E-state index in [-0.39, 0.29) is 48.9 Å². The number of ether oxygens (including phenoxy) is 5. The van der Waals surface area contributed by atoms with Crippen molar-refractivity contribution in [2.75, 3.05) is 13.2 Å². The number of hydrogen-bond acceptors (Lipinski definition) is 18. The third kappa shape index (κ3) is 12.9. The number of carboxylic acid groups (broad SMARTS) is 1. The summed E-state index contributed by atoms with van der Waals surface area (Å²) < 4.78 is 34.5. The molecule has 1 amide bonds. The molecule has 23 heteroatoms. The van der Waals surface area contributed by atoms with Crippen LogP contribution in [0.15, 0.2) is 67.0 Å². The molecular weight excluding hydrogens is 993 g/mol. The lowest BCUT2D eigenvalue weighted by molar-refractivity contribution is -0.384. The predicted molar refractivity (Wildman–Crippen MR) is 267 cm³/mol. The smallest absolute Gasteiger partial charge is 0.353 e. The molecule has 2 aromatic carbocycles. The predicted octanol–water partition coefficient (Wildman–Crippen LogP) is 3.23. The van der Waals surface area contributed by atoms with Crippen molar-refractivity contribution in [1.29, 1.82) is 0 Å².